The number of nitrogens with one attached hydrogen (secondary N) is 1. The molecule has 1 fully saturated rings. The van der Waals surface area contributed by atoms with Gasteiger partial charge < -0.3 is 15.8 Å². The first-order chi connectivity index (χ1) is 8.69. The predicted octanol–water partition coefficient (Wildman–Crippen LogP) is 1.52. The number of amides is 1. The maximum Gasteiger partial charge on any atom is 0.258 e. The van der Waals surface area contributed by atoms with E-state index in [1.165, 1.54) is 12.8 Å². The Morgan fingerprint density at radius 2 is 2.11 bits per heavy atom. The van der Waals surface area contributed by atoms with Crippen molar-refractivity contribution in [2.75, 3.05) is 13.2 Å². The van der Waals surface area contributed by atoms with Crippen molar-refractivity contribution in [3.05, 3.63) is 27.8 Å². The molecule has 98 valence electrons. The smallest absolute Gasteiger partial charge is 0.258 e. The fourth-order valence-electron chi connectivity index (χ4n) is 1.80. The second-order valence-electron chi connectivity index (χ2n) is 4.49. The Morgan fingerprint density at radius 1 is 1.44 bits per heavy atom. The quantitative estimate of drug-likeness (QED) is 0.757. The zero-order valence-electron chi connectivity index (χ0n) is 10.1. The lowest BCUT2D eigenvalue weighted by molar-refractivity contribution is -0.123. The summed E-state index contributed by atoms with van der Waals surface area (Å²) < 4.78 is 6.55. The second-order valence-corrected chi connectivity index (χ2v) is 5.74. The zero-order chi connectivity index (χ0) is 13.0. The lowest BCUT2D eigenvalue weighted by atomic mass is 10.2. The molecule has 0 saturated heterocycles. The number of rotatable bonds is 6. The van der Waals surface area contributed by atoms with E-state index in [1.54, 1.807) is 0 Å². The van der Waals surface area contributed by atoms with Gasteiger partial charge in [0.05, 0.1) is 0 Å². The highest BCUT2D eigenvalue weighted by atomic mass is 127. The fourth-order valence-corrected chi connectivity index (χ4v) is 2.16. The lowest BCUT2D eigenvalue weighted by Gasteiger charge is -2.16. The maximum absolute atomic E-state index is 11.7. The number of benzene rings is 1. The highest BCUT2D eigenvalue weighted by Crippen LogP contribution is 2.32. The summed E-state index contributed by atoms with van der Waals surface area (Å²) in [6.45, 7) is 0.545. The summed E-state index contributed by atoms with van der Waals surface area (Å²) in [4.78, 5) is 11.7. The predicted molar refractivity (Wildman–Crippen MR) is 78.4 cm³/mol. The molecule has 0 heterocycles. The van der Waals surface area contributed by atoms with Crippen LogP contribution in [0.4, 0.5) is 0 Å². The molecule has 0 spiro atoms. The molecular weight excluding hydrogens is 343 g/mol. The molecule has 1 aliphatic rings. The molecule has 1 aromatic rings. The monoisotopic (exact) mass is 360 g/mol. The molecule has 5 heteroatoms. The van der Waals surface area contributed by atoms with Crippen LogP contribution in [0.1, 0.15) is 12.8 Å². The molecule has 0 radical (unpaired) electrons. The minimum Gasteiger partial charge on any atom is -0.484 e. The van der Waals surface area contributed by atoms with Gasteiger partial charge in [-0.05, 0) is 65.6 Å². The topological polar surface area (TPSA) is 64.3 Å². The summed E-state index contributed by atoms with van der Waals surface area (Å²) in [6.07, 6.45) is 2.33. The summed E-state index contributed by atoms with van der Waals surface area (Å²) in [5, 5.41) is 2.92. The average Bonchev–Trinajstić information content (AvgIpc) is 3.19. The number of hydrogen-bond acceptors (Lipinski definition) is 3. The van der Waals surface area contributed by atoms with Crippen molar-refractivity contribution in [1.82, 2.24) is 5.32 Å². The number of ether oxygens (including phenoxy) is 1. The number of carbonyl (C=O) groups excluding carboxylic acids is 1. The number of carbonyl (C=O) groups is 1. The van der Waals surface area contributed by atoms with E-state index in [0.29, 0.717) is 18.2 Å². The van der Waals surface area contributed by atoms with E-state index < -0.39 is 0 Å². The van der Waals surface area contributed by atoms with Gasteiger partial charge in [0.2, 0.25) is 0 Å². The third kappa shape index (κ3) is 4.13. The third-order valence-electron chi connectivity index (χ3n) is 2.97. The summed E-state index contributed by atoms with van der Waals surface area (Å²) in [7, 11) is 0. The van der Waals surface area contributed by atoms with E-state index in [0.717, 1.165) is 3.57 Å². The van der Waals surface area contributed by atoms with E-state index in [-0.39, 0.29) is 18.6 Å². The van der Waals surface area contributed by atoms with Crippen molar-refractivity contribution < 1.29 is 9.53 Å². The molecule has 4 nitrogen and oxygen atoms in total. The van der Waals surface area contributed by atoms with Gasteiger partial charge in [-0.15, -0.1) is 0 Å². The molecule has 2 rings (SSSR count). The van der Waals surface area contributed by atoms with Gasteiger partial charge in [0.15, 0.2) is 6.61 Å². The molecule has 0 aromatic heterocycles. The Hall–Kier alpha value is -0.820. The molecule has 1 aliphatic carbocycles. The highest BCUT2D eigenvalue weighted by Gasteiger charge is 2.31. The van der Waals surface area contributed by atoms with Crippen LogP contribution in [0.15, 0.2) is 24.3 Å². The van der Waals surface area contributed by atoms with Gasteiger partial charge in [0.1, 0.15) is 5.75 Å². The Balaban J connectivity index is 1.75. The first-order valence-corrected chi connectivity index (χ1v) is 7.14. The van der Waals surface area contributed by atoms with Crippen LogP contribution < -0.4 is 15.8 Å². The normalized spacial score (nSPS) is 16.1. The second kappa shape index (κ2) is 6.38. The van der Waals surface area contributed by atoms with Crippen LogP contribution in [0.5, 0.6) is 5.75 Å². The van der Waals surface area contributed by atoms with Crippen LogP contribution >= 0.6 is 22.6 Å². The lowest BCUT2D eigenvalue weighted by Crippen LogP contribution is -2.43. The van der Waals surface area contributed by atoms with E-state index in [1.807, 2.05) is 24.3 Å². The van der Waals surface area contributed by atoms with Gasteiger partial charge in [-0.25, -0.2) is 0 Å². The summed E-state index contributed by atoms with van der Waals surface area (Å²) in [5.74, 6) is 1.18. The van der Waals surface area contributed by atoms with Crippen LogP contribution in [-0.4, -0.2) is 25.1 Å². The van der Waals surface area contributed by atoms with Gasteiger partial charge in [0, 0.05) is 16.2 Å². The van der Waals surface area contributed by atoms with Gasteiger partial charge in [0.25, 0.3) is 5.91 Å². The van der Waals surface area contributed by atoms with Crippen LogP contribution in [-0.2, 0) is 4.79 Å². The minimum absolute atomic E-state index is 0.0454. The van der Waals surface area contributed by atoms with E-state index >= 15 is 0 Å². The zero-order valence-corrected chi connectivity index (χ0v) is 12.2. The van der Waals surface area contributed by atoms with Crippen molar-refractivity contribution in [2.45, 2.75) is 18.9 Å². The standard InChI is InChI=1S/C13H17IN2O2/c14-10-3-5-11(6-4-10)18-8-13(17)16-12(7-15)9-1-2-9/h3-6,9,12H,1-2,7-8,15H2,(H,16,17). The van der Waals surface area contributed by atoms with Crippen LogP contribution in [0.3, 0.4) is 0 Å². The van der Waals surface area contributed by atoms with Gasteiger partial charge in [-0.3, -0.25) is 4.79 Å². The van der Waals surface area contributed by atoms with E-state index in [2.05, 4.69) is 27.9 Å². The number of nitrogens with two attached hydrogens (primary N) is 1. The molecule has 1 aromatic carbocycles. The van der Waals surface area contributed by atoms with Gasteiger partial charge in [-0.2, -0.15) is 0 Å². The summed E-state index contributed by atoms with van der Waals surface area (Å²) in [6, 6.07) is 7.71. The van der Waals surface area contributed by atoms with Gasteiger partial charge in [-0.1, -0.05) is 0 Å². The molecule has 1 saturated carbocycles. The summed E-state index contributed by atoms with van der Waals surface area (Å²) in [5.41, 5.74) is 5.63. The Kier molecular flexibility index (Phi) is 4.82. The van der Waals surface area contributed by atoms with Crippen LogP contribution in [0.2, 0.25) is 0 Å². The third-order valence-corrected chi connectivity index (χ3v) is 3.69. The number of hydrogen-bond donors (Lipinski definition) is 2. The molecule has 1 atom stereocenters. The number of halogens is 1. The van der Waals surface area contributed by atoms with Crippen molar-refractivity contribution in [1.29, 1.82) is 0 Å². The van der Waals surface area contributed by atoms with Gasteiger partial charge >= 0.3 is 0 Å². The molecule has 3 N–H and O–H groups in total. The minimum atomic E-state index is -0.101. The van der Waals surface area contributed by atoms with Crippen LogP contribution in [0, 0.1) is 9.49 Å². The molecule has 0 bridgehead atoms. The van der Waals surface area contributed by atoms with Crippen molar-refractivity contribution in [3.63, 3.8) is 0 Å². The first kappa shape index (κ1) is 13.6. The molecular formula is C13H17IN2O2. The Morgan fingerprint density at radius 3 is 2.67 bits per heavy atom. The summed E-state index contributed by atoms with van der Waals surface area (Å²) >= 11 is 2.22. The molecule has 1 unspecified atom stereocenters. The largest absolute Gasteiger partial charge is 0.484 e. The van der Waals surface area contributed by atoms with Crippen molar-refractivity contribution in [3.8, 4) is 5.75 Å². The first-order valence-electron chi connectivity index (χ1n) is 6.07. The Labute approximate surface area is 120 Å². The highest BCUT2D eigenvalue weighted by molar-refractivity contribution is 14.1. The van der Waals surface area contributed by atoms with E-state index in [4.69, 9.17) is 10.5 Å². The fraction of sp³-hybridized carbons (Fsp3) is 0.462. The van der Waals surface area contributed by atoms with Crippen molar-refractivity contribution in [2.24, 2.45) is 11.7 Å². The van der Waals surface area contributed by atoms with E-state index in [9.17, 15) is 4.79 Å². The molecule has 1 amide bonds. The molecule has 0 aliphatic heterocycles. The molecule has 18 heavy (non-hydrogen) atoms. The van der Waals surface area contributed by atoms with Crippen LogP contribution in [0.25, 0.3) is 0 Å². The average molecular weight is 360 g/mol. The maximum atomic E-state index is 11.7. The SMILES string of the molecule is NCC(NC(=O)COc1ccc(I)cc1)C1CC1. The Bertz CT molecular complexity index is 404. The van der Waals surface area contributed by atoms with Crippen molar-refractivity contribution >= 4 is 28.5 Å².